The highest BCUT2D eigenvalue weighted by Gasteiger charge is 2.33. The molecule has 0 radical (unpaired) electrons. The number of aryl methyl sites for hydroxylation is 1. The molecule has 2 aromatic rings. The van der Waals surface area contributed by atoms with Gasteiger partial charge < -0.3 is 4.90 Å². The summed E-state index contributed by atoms with van der Waals surface area (Å²) in [6.07, 6.45) is 0.885. The van der Waals surface area contributed by atoms with E-state index in [9.17, 15) is 12.8 Å². The average Bonchev–Trinajstić information content (AvgIpc) is 2.56. The number of piperidine rings is 1. The topological polar surface area (TPSA) is 37.4 Å². The summed E-state index contributed by atoms with van der Waals surface area (Å²) in [7, 11) is -1.33. The zero-order valence-electron chi connectivity index (χ0n) is 14.7. The lowest BCUT2D eigenvalue weighted by Crippen LogP contribution is -2.40. The second-order valence-electron chi connectivity index (χ2n) is 7.06. The minimum atomic E-state index is -3.35. The molecule has 3 nitrogen and oxygen atoms in total. The Morgan fingerprint density at radius 1 is 1.08 bits per heavy atom. The second kappa shape index (κ2) is 7.26. The number of benzene rings is 2. The summed E-state index contributed by atoms with van der Waals surface area (Å²) in [4.78, 5) is 2.55. The van der Waals surface area contributed by atoms with Gasteiger partial charge in [0.15, 0.2) is 9.84 Å². The Bertz CT molecular complexity index is 816. The van der Waals surface area contributed by atoms with E-state index in [1.165, 1.54) is 12.1 Å². The Morgan fingerprint density at radius 3 is 2.36 bits per heavy atom. The molecule has 0 aliphatic carbocycles. The van der Waals surface area contributed by atoms with E-state index in [0.29, 0.717) is 4.90 Å². The van der Waals surface area contributed by atoms with Gasteiger partial charge in [-0.15, -0.1) is 0 Å². The van der Waals surface area contributed by atoms with Crippen molar-refractivity contribution in [3.05, 3.63) is 65.5 Å². The SMILES string of the molecule is Cc1ccc(S(=O)(=O)C[C@H]2CN(C)CC[C@@H]2c2ccc(F)cc2)cc1. The summed E-state index contributed by atoms with van der Waals surface area (Å²) in [5.41, 5.74) is 2.07. The zero-order chi connectivity index (χ0) is 18.0. The molecule has 1 fully saturated rings. The molecule has 0 spiro atoms. The van der Waals surface area contributed by atoms with E-state index in [0.717, 1.165) is 30.6 Å². The highest BCUT2D eigenvalue weighted by molar-refractivity contribution is 7.91. The fourth-order valence-corrected chi connectivity index (χ4v) is 5.30. The third-order valence-corrected chi connectivity index (χ3v) is 6.91. The fraction of sp³-hybridized carbons (Fsp3) is 0.400. The Kier molecular flexibility index (Phi) is 5.25. The van der Waals surface area contributed by atoms with Gasteiger partial charge in [-0.25, -0.2) is 12.8 Å². The van der Waals surface area contributed by atoms with Crippen molar-refractivity contribution in [1.29, 1.82) is 0 Å². The van der Waals surface area contributed by atoms with Crippen LogP contribution in [0.1, 0.15) is 23.5 Å². The smallest absolute Gasteiger partial charge is 0.178 e. The molecule has 2 atom stereocenters. The first-order chi connectivity index (χ1) is 11.8. The Labute approximate surface area is 149 Å². The average molecular weight is 361 g/mol. The van der Waals surface area contributed by atoms with Gasteiger partial charge in [0.25, 0.3) is 0 Å². The third-order valence-electron chi connectivity index (χ3n) is 5.05. The van der Waals surface area contributed by atoms with Crippen LogP contribution in [0, 0.1) is 18.7 Å². The van der Waals surface area contributed by atoms with Gasteiger partial charge >= 0.3 is 0 Å². The summed E-state index contributed by atoms with van der Waals surface area (Å²) in [6.45, 7) is 3.59. The molecule has 3 rings (SSSR count). The van der Waals surface area contributed by atoms with E-state index in [-0.39, 0.29) is 23.4 Å². The first kappa shape index (κ1) is 18.1. The number of hydrogen-bond acceptors (Lipinski definition) is 3. The van der Waals surface area contributed by atoms with Gasteiger partial charge in [-0.2, -0.15) is 0 Å². The normalized spacial score (nSPS) is 22.0. The Morgan fingerprint density at radius 2 is 1.72 bits per heavy atom. The van der Waals surface area contributed by atoms with Gasteiger partial charge in [-0.3, -0.25) is 0 Å². The van der Waals surface area contributed by atoms with E-state index in [2.05, 4.69) is 4.90 Å². The molecule has 0 amide bonds. The van der Waals surface area contributed by atoms with Crippen LogP contribution in [0.2, 0.25) is 0 Å². The van der Waals surface area contributed by atoms with Gasteiger partial charge in [0.05, 0.1) is 10.6 Å². The summed E-state index contributed by atoms with van der Waals surface area (Å²) < 4.78 is 39.0. The van der Waals surface area contributed by atoms with Gasteiger partial charge in [-0.05, 0) is 68.6 Å². The van der Waals surface area contributed by atoms with Crippen LogP contribution < -0.4 is 0 Å². The van der Waals surface area contributed by atoms with Gasteiger partial charge in [0, 0.05) is 6.54 Å². The summed E-state index contributed by atoms with van der Waals surface area (Å²) in [5.74, 6) is -0.0179. The van der Waals surface area contributed by atoms with Crippen LogP contribution in [-0.2, 0) is 9.84 Å². The van der Waals surface area contributed by atoms with Crippen molar-refractivity contribution in [1.82, 2.24) is 4.90 Å². The molecule has 0 unspecified atom stereocenters. The van der Waals surface area contributed by atoms with Crippen LogP contribution in [0.15, 0.2) is 53.4 Å². The predicted molar refractivity (Wildman–Crippen MR) is 98.0 cm³/mol. The van der Waals surface area contributed by atoms with E-state index in [1.807, 2.05) is 26.1 Å². The molecule has 0 N–H and O–H groups in total. The van der Waals surface area contributed by atoms with Crippen molar-refractivity contribution in [3.8, 4) is 0 Å². The largest absolute Gasteiger partial charge is 0.306 e. The molecule has 5 heteroatoms. The minimum absolute atomic E-state index is 0.00415. The minimum Gasteiger partial charge on any atom is -0.306 e. The van der Waals surface area contributed by atoms with Gasteiger partial charge in [0.1, 0.15) is 5.82 Å². The maximum absolute atomic E-state index is 13.2. The van der Waals surface area contributed by atoms with Crippen molar-refractivity contribution in [2.45, 2.75) is 24.2 Å². The van der Waals surface area contributed by atoms with Crippen LogP contribution in [0.5, 0.6) is 0 Å². The van der Waals surface area contributed by atoms with Crippen molar-refractivity contribution < 1.29 is 12.8 Å². The number of likely N-dealkylation sites (tertiary alicyclic amines) is 1. The maximum Gasteiger partial charge on any atom is 0.178 e. The maximum atomic E-state index is 13.2. The van der Waals surface area contributed by atoms with Crippen molar-refractivity contribution in [3.63, 3.8) is 0 Å². The molecule has 25 heavy (non-hydrogen) atoms. The van der Waals surface area contributed by atoms with Crippen LogP contribution in [0.25, 0.3) is 0 Å². The lowest BCUT2D eigenvalue weighted by molar-refractivity contribution is 0.197. The molecule has 1 heterocycles. The molecular formula is C20H24FNO2S. The van der Waals surface area contributed by atoms with Crippen molar-refractivity contribution in [2.75, 3.05) is 25.9 Å². The van der Waals surface area contributed by atoms with E-state index < -0.39 is 9.84 Å². The first-order valence-corrected chi connectivity index (χ1v) is 10.2. The van der Waals surface area contributed by atoms with Crippen LogP contribution in [-0.4, -0.2) is 39.2 Å². The quantitative estimate of drug-likeness (QED) is 0.834. The molecule has 134 valence electrons. The molecule has 1 aliphatic rings. The summed E-state index contributed by atoms with van der Waals surface area (Å²) in [6, 6.07) is 13.5. The number of sulfone groups is 1. The number of hydrogen-bond donors (Lipinski definition) is 0. The highest BCUT2D eigenvalue weighted by atomic mass is 32.2. The van der Waals surface area contributed by atoms with Crippen LogP contribution in [0.4, 0.5) is 4.39 Å². The molecule has 2 aromatic carbocycles. The van der Waals surface area contributed by atoms with Gasteiger partial charge in [0.2, 0.25) is 0 Å². The molecule has 0 aromatic heterocycles. The molecular weight excluding hydrogens is 337 g/mol. The van der Waals surface area contributed by atoms with E-state index >= 15 is 0 Å². The lowest BCUT2D eigenvalue weighted by Gasteiger charge is -2.37. The summed E-state index contributed by atoms with van der Waals surface area (Å²) >= 11 is 0. The Hall–Kier alpha value is -1.72. The van der Waals surface area contributed by atoms with E-state index in [4.69, 9.17) is 0 Å². The van der Waals surface area contributed by atoms with Crippen LogP contribution in [0.3, 0.4) is 0 Å². The molecule has 0 saturated carbocycles. The highest BCUT2D eigenvalue weighted by Crippen LogP contribution is 2.34. The van der Waals surface area contributed by atoms with Crippen LogP contribution >= 0.6 is 0 Å². The zero-order valence-corrected chi connectivity index (χ0v) is 15.5. The summed E-state index contributed by atoms with van der Waals surface area (Å²) in [5, 5.41) is 0. The second-order valence-corrected chi connectivity index (χ2v) is 9.10. The number of nitrogens with zero attached hydrogens (tertiary/aromatic N) is 1. The molecule has 1 aliphatic heterocycles. The van der Waals surface area contributed by atoms with Gasteiger partial charge in [-0.1, -0.05) is 29.8 Å². The third kappa shape index (κ3) is 4.28. The number of rotatable bonds is 4. The predicted octanol–water partition coefficient (Wildman–Crippen LogP) is 3.64. The monoisotopic (exact) mass is 361 g/mol. The van der Waals surface area contributed by atoms with Crippen molar-refractivity contribution in [2.24, 2.45) is 5.92 Å². The standard InChI is InChI=1S/C20H24FNO2S/c1-15-3-9-19(10-4-15)25(23,24)14-17-13-22(2)12-11-20(17)16-5-7-18(21)8-6-16/h3-10,17,20H,11-14H2,1-2H3/t17-,20-/m1/s1. The van der Waals surface area contributed by atoms with E-state index in [1.54, 1.807) is 24.3 Å². The molecule has 0 bridgehead atoms. The van der Waals surface area contributed by atoms with Crippen molar-refractivity contribution >= 4 is 9.84 Å². The molecule has 1 saturated heterocycles. The lowest BCUT2D eigenvalue weighted by atomic mass is 9.81. The number of halogens is 1. The Balaban J connectivity index is 1.86. The fourth-order valence-electron chi connectivity index (χ4n) is 3.66. The first-order valence-electron chi connectivity index (χ1n) is 8.58.